The first-order valence-electron chi connectivity index (χ1n) is 6.29. The van der Waals surface area contributed by atoms with E-state index in [1.807, 2.05) is 4.98 Å². The van der Waals surface area contributed by atoms with Crippen molar-refractivity contribution in [2.24, 2.45) is 0 Å². The molecule has 1 rings (SSSR count). The molecule has 0 aliphatic rings. The van der Waals surface area contributed by atoms with Crippen LogP contribution in [0.5, 0.6) is 5.88 Å². The maximum Gasteiger partial charge on any atom is 0.331 e. The van der Waals surface area contributed by atoms with Gasteiger partial charge in [0.05, 0.1) is 0 Å². The van der Waals surface area contributed by atoms with E-state index in [9.17, 15) is 19.1 Å². The van der Waals surface area contributed by atoms with Gasteiger partial charge in [-0.25, -0.2) is 4.79 Å². The quantitative estimate of drug-likeness (QED) is 0.731. The van der Waals surface area contributed by atoms with Gasteiger partial charge in [0, 0.05) is 6.54 Å². The van der Waals surface area contributed by atoms with E-state index in [0.29, 0.717) is 6.42 Å². The Morgan fingerprint density at radius 2 is 1.78 bits per heavy atom. The lowest BCUT2D eigenvalue weighted by Crippen LogP contribution is -2.31. The van der Waals surface area contributed by atoms with Gasteiger partial charge < -0.3 is 5.11 Å². The predicted molar refractivity (Wildman–Crippen MR) is 66.3 cm³/mol. The number of aromatic nitrogens is 2. The van der Waals surface area contributed by atoms with Gasteiger partial charge in [-0.15, -0.1) is 0 Å². The SMILES string of the molecule is CCCCCCCCn1c(O)c(F)c(=O)[nH]c1=O. The molecule has 1 aromatic rings. The summed E-state index contributed by atoms with van der Waals surface area (Å²) in [4.78, 5) is 24.0. The first-order chi connectivity index (χ1) is 8.57. The Balaban J connectivity index is 2.55. The highest BCUT2D eigenvalue weighted by Crippen LogP contribution is 2.10. The van der Waals surface area contributed by atoms with Gasteiger partial charge in [0.25, 0.3) is 5.56 Å². The predicted octanol–water partition coefficient (Wildman–Crippen LogP) is 1.74. The van der Waals surface area contributed by atoms with Crippen LogP contribution in [0.1, 0.15) is 45.4 Å². The van der Waals surface area contributed by atoms with Crippen molar-refractivity contribution in [3.05, 3.63) is 26.7 Å². The van der Waals surface area contributed by atoms with Gasteiger partial charge in [0.2, 0.25) is 11.7 Å². The van der Waals surface area contributed by atoms with Crippen LogP contribution in [-0.2, 0) is 6.54 Å². The van der Waals surface area contributed by atoms with Crippen LogP contribution < -0.4 is 11.2 Å². The zero-order valence-electron chi connectivity index (χ0n) is 10.5. The van der Waals surface area contributed by atoms with Crippen LogP contribution in [0.4, 0.5) is 4.39 Å². The first kappa shape index (κ1) is 14.5. The average molecular weight is 258 g/mol. The number of unbranched alkanes of at least 4 members (excludes halogenated alkanes) is 5. The van der Waals surface area contributed by atoms with Gasteiger partial charge in [-0.05, 0) is 6.42 Å². The third-order valence-corrected chi connectivity index (χ3v) is 2.85. The van der Waals surface area contributed by atoms with Crippen LogP contribution in [-0.4, -0.2) is 14.7 Å². The summed E-state index contributed by atoms with van der Waals surface area (Å²) in [5.41, 5.74) is -1.95. The number of hydrogen-bond acceptors (Lipinski definition) is 3. The van der Waals surface area contributed by atoms with E-state index in [-0.39, 0.29) is 6.54 Å². The average Bonchev–Trinajstić information content (AvgIpc) is 2.34. The molecule has 2 N–H and O–H groups in total. The molecule has 1 heterocycles. The number of halogens is 1. The summed E-state index contributed by atoms with van der Waals surface area (Å²) in [6, 6.07) is 0. The number of hydrogen-bond donors (Lipinski definition) is 2. The molecule has 102 valence electrons. The van der Waals surface area contributed by atoms with E-state index in [4.69, 9.17) is 0 Å². The molecule has 0 bridgehead atoms. The molecule has 6 heteroatoms. The molecule has 0 saturated heterocycles. The number of H-pyrrole nitrogens is 1. The summed E-state index contributed by atoms with van der Waals surface area (Å²) in [5, 5.41) is 9.37. The van der Waals surface area contributed by atoms with Crippen molar-refractivity contribution in [2.75, 3.05) is 0 Å². The maximum absolute atomic E-state index is 13.1. The molecule has 0 radical (unpaired) electrons. The molecule has 0 aliphatic heterocycles. The first-order valence-corrected chi connectivity index (χ1v) is 6.29. The van der Waals surface area contributed by atoms with Crippen molar-refractivity contribution in [3.63, 3.8) is 0 Å². The monoisotopic (exact) mass is 258 g/mol. The fourth-order valence-electron chi connectivity index (χ4n) is 1.79. The lowest BCUT2D eigenvalue weighted by atomic mass is 10.1. The lowest BCUT2D eigenvalue weighted by Gasteiger charge is -2.07. The van der Waals surface area contributed by atoms with Gasteiger partial charge in [-0.1, -0.05) is 39.0 Å². The highest BCUT2D eigenvalue weighted by atomic mass is 19.1. The zero-order chi connectivity index (χ0) is 13.5. The van der Waals surface area contributed by atoms with Gasteiger partial charge in [-0.3, -0.25) is 14.3 Å². The van der Waals surface area contributed by atoms with Gasteiger partial charge in [0.1, 0.15) is 0 Å². The van der Waals surface area contributed by atoms with Crippen LogP contribution in [0.3, 0.4) is 0 Å². The van der Waals surface area contributed by atoms with Crippen molar-refractivity contribution < 1.29 is 9.50 Å². The summed E-state index contributed by atoms with van der Waals surface area (Å²) in [5.74, 6) is -2.18. The zero-order valence-corrected chi connectivity index (χ0v) is 10.5. The van der Waals surface area contributed by atoms with Crippen LogP contribution in [0, 0.1) is 5.82 Å². The smallest absolute Gasteiger partial charge is 0.331 e. The Labute approximate surface area is 104 Å². The van der Waals surface area contributed by atoms with Crippen molar-refractivity contribution in [3.8, 4) is 5.88 Å². The van der Waals surface area contributed by atoms with E-state index in [0.717, 1.165) is 30.3 Å². The number of nitrogens with one attached hydrogen (secondary N) is 1. The summed E-state index contributed by atoms with van der Waals surface area (Å²) < 4.78 is 14.0. The molecule has 5 nitrogen and oxygen atoms in total. The molecule has 0 amide bonds. The third kappa shape index (κ3) is 3.72. The molecule has 0 unspecified atom stereocenters. The van der Waals surface area contributed by atoms with Crippen LogP contribution >= 0.6 is 0 Å². The third-order valence-electron chi connectivity index (χ3n) is 2.85. The van der Waals surface area contributed by atoms with E-state index >= 15 is 0 Å². The molecular weight excluding hydrogens is 239 g/mol. The van der Waals surface area contributed by atoms with Crippen LogP contribution in [0.15, 0.2) is 9.59 Å². The maximum atomic E-state index is 13.1. The highest BCUT2D eigenvalue weighted by molar-refractivity contribution is 5.09. The largest absolute Gasteiger partial charge is 0.492 e. The number of aromatic amines is 1. The fourth-order valence-corrected chi connectivity index (χ4v) is 1.79. The Kier molecular flexibility index (Phi) is 5.61. The number of rotatable bonds is 7. The van der Waals surface area contributed by atoms with Gasteiger partial charge in [-0.2, -0.15) is 4.39 Å². The second kappa shape index (κ2) is 6.98. The minimum atomic E-state index is -1.31. The molecule has 0 fully saturated rings. The van der Waals surface area contributed by atoms with Crippen LogP contribution in [0.25, 0.3) is 0 Å². The van der Waals surface area contributed by atoms with E-state index in [2.05, 4.69) is 6.92 Å². The summed E-state index contributed by atoms with van der Waals surface area (Å²) in [6.07, 6.45) is 6.10. The van der Waals surface area contributed by atoms with Crippen molar-refractivity contribution in [2.45, 2.75) is 52.0 Å². The number of aromatic hydroxyl groups is 1. The molecule has 0 aromatic carbocycles. The van der Waals surface area contributed by atoms with Gasteiger partial charge >= 0.3 is 5.69 Å². The molecule has 0 aliphatic carbocycles. The fraction of sp³-hybridized carbons (Fsp3) is 0.667. The van der Waals surface area contributed by atoms with Gasteiger partial charge in [0.15, 0.2) is 0 Å². The topological polar surface area (TPSA) is 75.1 Å². The summed E-state index contributed by atoms with van der Waals surface area (Å²) >= 11 is 0. The summed E-state index contributed by atoms with van der Waals surface area (Å²) in [7, 11) is 0. The lowest BCUT2D eigenvalue weighted by molar-refractivity contribution is 0.355. The molecule has 1 aromatic heterocycles. The van der Waals surface area contributed by atoms with E-state index in [1.54, 1.807) is 0 Å². The second-order valence-corrected chi connectivity index (χ2v) is 4.32. The highest BCUT2D eigenvalue weighted by Gasteiger charge is 2.12. The molecule has 0 saturated carbocycles. The Hall–Kier alpha value is -1.59. The molecule has 18 heavy (non-hydrogen) atoms. The Morgan fingerprint density at radius 1 is 1.17 bits per heavy atom. The molecular formula is C12H19FN2O3. The van der Waals surface area contributed by atoms with E-state index in [1.165, 1.54) is 6.42 Å². The second-order valence-electron chi connectivity index (χ2n) is 4.32. The molecule has 0 atom stereocenters. The Bertz CT molecular complexity index is 493. The minimum Gasteiger partial charge on any atom is -0.492 e. The van der Waals surface area contributed by atoms with Crippen LogP contribution in [0.2, 0.25) is 0 Å². The van der Waals surface area contributed by atoms with Crippen molar-refractivity contribution >= 4 is 0 Å². The number of nitrogens with zero attached hydrogens (tertiary/aromatic N) is 1. The van der Waals surface area contributed by atoms with Crippen molar-refractivity contribution in [1.82, 2.24) is 9.55 Å². The minimum absolute atomic E-state index is 0.213. The molecule has 0 spiro atoms. The summed E-state index contributed by atoms with van der Waals surface area (Å²) in [6.45, 7) is 2.34. The Morgan fingerprint density at radius 3 is 2.44 bits per heavy atom. The van der Waals surface area contributed by atoms with Crippen molar-refractivity contribution in [1.29, 1.82) is 0 Å². The normalized spacial score (nSPS) is 10.8. The standard InChI is InChI=1S/C12H19FN2O3/c1-2-3-4-5-6-7-8-15-11(17)9(13)10(16)14-12(15)18/h17H,2-8H2,1H3,(H,14,16,18). The van der Waals surface area contributed by atoms with E-state index < -0.39 is 22.9 Å².